The highest BCUT2D eigenvalue weighted by Crippen LogP contribution is 2.31. The van der Waals surface area contributed by atoms with Gasteiger partial charge in [0.05, 0.1) is 13.7 Å². The number of carbonyl (C=O) groups excluding carboxylic acids is 1. The average Bonchev–Trinajstić information content (AvgIpc) is 2.36. The second-order valence-electron chi connectivity index (χ2n) is 4.72. The van der Waals surface area contributed by atoms with E-state index in [0.29, 0.717) is 12.5 Å². The van der Waals surface area contributed by atoms with Gasteiger partial charge in [0.15, 0.2) is 0 Å². The Balaban J connectivity index is 2.89. The van der Waals surface area contributed by atoms with Crippen LogP contribution in [0.25, 0.3) is 0 Å². The monoisotopic (exact) mass is 265 g/mol. The number of carbonyl (C=O) groups is 1. The van der Waals surface area contributed by atoms with Gasteiger partial charge in [-0.1, -0.05) is 13.8 Å². The molecule has 0 spiro atoms. The first-order chi connectivity index (χ1) is 8.99. The Morgan fingerprint density at radius 1 is 1.37 bits per heavy atom. The lowest BCUT2D eigenvalue weighted by atomic mass is 9.99. The standard InChI is InChI=1S/C15H23NO3/c1-6-19-15(17)9-16-13-8-12(10(2)3)14(18-5)7-11(13)4/h7-8,10,16H,6,9H2,1-5H3. The summed E-state index contributed by atoms with van der Waals surface area (Å²) in [7, 11) is 1.67. The van der Waals surface area contributed by atoms with Gasteiger partial charge in [-0.15, -0.1) is 0 Å². The highest BCUT2D eigenvalue weighted by molar-refractivity contribution is 5.75. The van der Waals surface area contributed by atoms with Crippen LogP contribution in [0.4, 0.5) is 5.69 Å². The number of methoxy groups -OCH3 is 1. The lowest BCUT2D eigenvalue weighted by Gasteiger charge is -2.17. The number of anilines is 1. The maximum atomic E-state index is 11.4. The van der Waals surface area contributed by atoms with Crippen molar-refractivity contribution in [3.8, 4) is 5.75 Å². The van der Waals surface area contributed by atoms with Crippen molar-refractivity contribution in [2.75, 3.05) is 25.6 Å². The molecule has 1 N–H and O–H groups in total. The normalized spacial score (nSPS) is 10.4. The molecule has 0 atom stereocenters. The summed E-state index contributed by atoms with van der Waals surface area (Å²) in [4.78, 5) is 11.4. The van der Waals surface area contributed by atoms with Crippen molar-refractivity contribution in [3.63, 3.8) is 0 Å². The zero-order chi connectivity index (χ0) is 14.4. The molecule has 1 aromatic carbocycles. The van der Waals surface area contributed by atoms with E-state index in [9.17, 15) is 4.79 Å². The largest absolute Gasteiger partial charge is 0.496 e. The molecule has 0 bridgehead atoms. The van der Waals surface area contributed by atoms with E-state index in [4.69, 9.17) is 9.47 Å². The molecular formula is C15H23NO3. The van der Waals surface area contributed by atoms with Crippen LogP contribution in [0, 0.1) is 6.92 Å². The van der Waals surface area contributed by atoms with Crippen LogP contribution in [0.15, 0.2) is 12.1 Å². The van der Waals surface area contributed by atoms with Crippen molar-refractivity contribution in [2.24, 2.45) is 0 Å². The van der Waals surface area contributed by atoms with Crippen LogP contribution in [0.3, 0.4) is 0 Å². The van der Waals surface area contributed by atoms with E-state index >= 15 is 0 Å². The lowest BCUT2D eigenvalue weighted by Crippen LogP contribution is -2.17. The minimum Gasteiger partial charge on any atom is -0.496 e. The molecule has 19 heavy (non-hydrogen) atoms. The molecule has 106 valence electrons. The molecule has 4 nitrogen and oxygen atoms in total. The molecule has 0 saturated heterocycles. The van der Waals surface area contributed by atoms with Gasteiger partial charge in [0.2, 0.25) is 0 Å². The number of rotatable bonds is 6. The van der Waals surface area contributed by atoms with Gasteiger partial charge in [-0.2, -0.15) is 0 Å². The lowest BCUT2D eigenvalue weighted by molar-refractivity contribution is -0.140. The zero-order valence-electron chi connectivity index (χ0n) is 12.4. The molecule has 1 aromatic rings. The third kappa shape index (κ3) is 4.16. The van der Waals surface area contributed by atoms with E-state index in [0.717, 1.165) is 22.6 Å². The summed E-state index contributed by atoms with van der Waals surface area (Å²) >= 11 is 0. The van der Waals surface area contributed by atoms with Gasteiger partial charge in [-0.3, -0.25) is 4.79 Å². The number of nitrogens with one attached hydrogen (secondary N) is 1. The molecule has 0 saturated carbocycles. The van der Waals surface area contributed by atoms with Gasteiger partial charge in [-0.25, -0.2) is 0 Å². The van der Waals surface area contributed by atoms with Crippen LogP contribution in [0.1, 0.15) is 37.8 Å². The molecule has 0 unspecified atom stereocenters. The molecule has 0 aliphatic heterocycles. The smallest absolute Gasteiger partial charge is 0.325 e. The van der Waals surface area contributed by atoms with E-state index in [2.05, 4.69) is 19.2 Å². The zero-order valence-corrected chi connectivity index (χ0v) is 12.4. The Labute approximate surface area is 115 Å². The fourth-order valence-electron chi connectivity index (χ4n) is 1.90. The molecule has 0 fully saturated rings. The molecule has 1 rings (SSSR count). The summed E-state index contributed by atoms with van der Waals surface area (Å²) in [6, 6.07) is 4.03. The molecule has 0 aromatic heterocycles. The fourth-order valence-corrected chi connectivity index (χ4v) is 1.90. The maximum absolute atomic E-state index is 11.4. The second kappa shape index (κ2) is 7.02. The first kappa shape index (κ1) is 15.3. The van der Waals surface area contributed by atoms with E-state index < -0.39 is 0 Å². The van der Waals surface area contributed by atoms with Crippen LogP contribution >= 0.6 is 0 Å². The molecule has 0 aliphatic rings. The summed E-state index contributed by atoms with van der Waals surface area (Å²) in [6.45, 7) is 8.59. The molecule has 4 heteroatoms. The highest BCUT2D eigenvalue weighted by atomic mass is 16.5. The SMILES string of the molecule is CCOC(=O)CNc1cc(C(C)C)c(OC)cc1C. The number of aryl methyl sites for hydroxylation is 1. The minimum atomic E-state index is -0.246. The molecule has 0 heterocycles. The first-order valence-corrected chi connectivity index (χ1v) is 6.57. The van der Waals surface area contributed by atoms with E-state index in [1.54, 1.807) is 14.0 Å². The van der Waals surface area contributed by atoms with Crippen molar-refractivity contribution in [1.82, 2.24) is 0 Å². The number of benzene rings is 1. The summed E-state index contributed by atoms with van der Waals surface area (Å²) < 4.78 is 10.3. The molecule has 0 amide bonds. The van der Waals surface area contributed by atoms with Crippen molar-refractivity contribution in [2.45, 2.75) is 33.6 Å². The van der Waals surface area contributed by atoms with Crippen LogP contribution in [-0.4, -0.2) is 26.2 Å². The molecule has 0 aliphatic carbocycles. The molecule has 0 radical (unpaired) electrons. The average molecular weight is 265 g/mol. The first-order valence-electron chi connectivity index (χ1n) is 6.57. The topological polar surface area (TPSA) is 47.6 Å². The summed E-state index contributed by atoms with van der Waals surface area (Å²) in [5.74, 6) is 0.997. The van der Waals surface area contributed by atoms with Gasteiger partial charge >= 0.3 is 5.97 Å². The Bertz CT molecular complexity index is 441. The summed E-state index contributed by atoms with van der Waals surface area (Å²) in [5, 5.41) is 3.11. The van der Waals surface area contributed by atoms with Crippen LogP contribution in [0.2, 0.25) is 0 Å². The number of esters is 1. The van der Waals surface area contributed by atoms with E-state index in [1.165, 1.54) is 0 Å². The van der Waals surface area contributed by atoms with Gasteiger partial charge in [0.1, 0.15) is 12.3 Å². The predicted molar refractivity (Wildman–Crippen MR) is 76.9 cm³/mol. The summed E-state index contributed by atoms with van der Waals surface area (Å²) in [6.07, 6.45) is 0. The third-order valence-electron chi connectivity index (χ3n) is 2.93. The predicted octanol–water partition coefficient (Wildman–Crippen LogP) is 3.10. The van der Waals surface area contributed by atoms with Crippen molar-refractivity contribution < 1.29 is 14.3 Å². The minimum absolute atomic E-state index is 0.179. The Kier molecular flexibility index (Phi) is 5.67. The maximum Gasteiger partial charge on any atom is 0.325 e. The van der Waals surface area contributed by atoms with Crippen molar-refractivity contribution in [3.05, 3.63) is 23.3 Å². The van der Waals surface area contributed by atoms with Gasteiger partial charge in [0, 0.05) is 5.69 Å². The second-order valence-corrected chi connectivity index (χ2v) is 4.72. The summed E-state index contributed by atoms with van der Waals surface area (Å²) in [5.41, 5.74) is 3.11. The van der Waals surface area contributed by atoms with Gasteiger partial charge < -0.3 is 14.8 Å². The van der Waals surface area contributed by atoms with Crippen molar-refractivity contribution in [1.29, 1.82) is 0 Å². The Morgan fingerprint density at radius 3 is 2.58 bits per heavy atom. The molecular weight excluding hydrogens is 242 g/mol. The fraction of sp³-hybridized carbons (Fsp3) is 0.533. The number of hydrogen-bond acceptors (Lipinski definition) is 4. The van der Waals surface area contributed by atoms with Crippen LogP contribution in [0.5, 0.6) is 5.75 Å². The van der Waals surface area contributed by atoms with Crippen LogP contribution < -0.4 is 10.1 Å². The quantitative estimate of drug-likeness (QED) is 0.803. The number of ether oxygens (including phenoxy) is 2. The third-order valence-corrected chi connectivity index (χ3v) is 2.93. The van der Waals surface area contributed by atoms with E-state index in [-0.39, 0.29) is 12.5 Å². The Morgan fingerprint density at radius 2 is 2.05 bits per heavy atom. The van der Waals surface area contributed by atoms with E-state index in [1.807, 2.05) is 19.1 Å². The Hall–Kier alpha value is -1.71. The van der Waals surface area contributed by atoms with Gasteiger partial charge in [-0.05, 0) is 43.0 Å². The van der Waals surface area contributed by atoms with Crippen LogP contribution in [-0.2, 0) is 9.53 Å². The number of hydrogen-bond donors (Lipinski definition) is 1. The van der Waals surface area contributed by atoms with Crippen molar-refractivity contribution >= 4 is 11.7 Å². The van der Waals surface area contributed by atoms with Gasteiger partial charge in [0.25, 0.3) is 0 Å². The highest BCUT2D eigenvalue weighted by Gasteiger charge is 2.12.